The Balaban J connectivity index is 1.98. The molecule has 136 valence electrons. The van der Waals surface area contributed by atoms with E-state index in [1.807, 2.05) is 11.9 Å². The molecule has 1 fully saturated rings. The molecule has 2 aromatic heterocycles. The van der Waals surface area contributed by atoms with Crippen molar-refractivity contribution in [1.82, 2.24) is 14.9 Å². The van der Waals surface area contributed by atoms with Gasteiger partial charge in [0.2, 0.25) is 0 Å². The van der Waals surface area contributed by atoms with Crippen molar-refractivity contribution in [2.75, 3.05) is 38.1 Å². The van der Waals surface area contributed by atoms with E-state index >= 15 is 0 Å². The number of hydrogen-bond donors (Lipinski definition) is 0. The van der Waals surface area contributed by atoms with Gasteiger partial charge in [0.05, 0.1) is 5.56 Å². The van der Waals surface area contributed by atoms with Gasteiger partial charge in [-0.15, -0.1) is 0 Å². The van der Waals surface area contributed by atoms with Gasteiger partial charge >= 0.3 is 6.18 Å². The minimum Gasteiger partial charge on any atom is -0.352 e. The summed E-state index contributed by atoms with van der Waals surface area (Å²) in [6, 6.07) is 4.74. The van der Waals surface area contributed by atoms with Crippen LogP contribution in [0.2, 0.25) is 0 Å². The summed E-state index contributed by atoms with van der Waals surface area (Å²) in [6.45, 7) is 3.04. The number of likely N-dealkylation sites (N-methyl/N-ethyl adjacent to an activating group) is 1. The number of pyridine rings is 2. The van der Waals surface area contributed by atoms with Crippen LogP contribution in [-0.2, 0) is 6.18 Å². The summed E-state index contributed by atoms with van der Waals surface area (Å²) in [5.74, 6) is -0.462. The Morgan fingerprint density at radius 3 is 2.42 bits per heavy atom. The van der Waals surface area contributed by atoms with E-state index in [2.05, 4.69) is 14.9 Å². The molecule has 0 unspecified atom stereocenters. The molecule has 0 N–H and O–H groups in total. The molecular formula is C18H16F4N4. The molecule has 8 heteroatoms. The standard InChI is InChI=1S/C18H16F4N4/c1-25-5-7-26(8-6-25)17-16-12(3-2-4-23-16)13-9-11(18(20,21)22)10-14(19)15(13)24-17/h2-4,9-10H,5-8H2,1H3. The third-order valence-electron chi connectivity index (χ3n) is 4.72. The zero-order valence-corrected chi connectivity index (χ0v) is 14.0. The van der Waals surface area contributed by atoms with Crippen molar-refractivity contribution in [3.8, 4) is 0 Å². The number of rotatable bonds is 1. The zero-order valence-electron chi connectivity index (χ0n) is 14.0. The molecule has 3 aromatic rings. The number of hydrogen-bond acceptors (Lipinski definition) is 4. The van der Waals surface area contributed by atoms with Gasteiger partial charge in [-0.2, -0.15) is 13.2 Å². The molecule has 4 rings (SSSR count). The molecule has 1 aliphatic rings. The molecule has 0 amide bonds. The van der Waals surface area contributed by atoms with Crippen LogP contribution < -0.4 is 4.90 Å². The molecule has 3 heterocycles. The molecule has 0 radical (unpaired) electrons. The SMILES string of the molecule is CN1CCN(c2nc3c(F)cc(C(F)(F)F)cc3c3cccnc23)CC1. The van der Waals surface area contributed by atoms with Crippen LogP contribution in [0.1, 0.15) is 5.56 Å². The van der Waals surface area contributed by atoms with Crippen molar-refractivity contribution in [2.45, 2.75) is 6.18 Å². The van der Waals surface area contributed by atoms with Crippen molar-refractivity contribution in [3.63, 3.8) is 0 Å². The predicted molar refractivity (Wildman–Crippen MR) is 91.7 cm³/mol. The van der Waals surface area contributed by atoms with Crippen LogP contribution in [0.15, 0.2) is 30.5 Å². The lowest BCUT2D eigenvalue weighted by Crippen LogP contribution is -2.45. The van der Waals surface area contributed by atoms with Gasteiger partial charge < -0.3 is 9.80 Å². The number of aromatic nitrogens is 2. The highest BCUT2D eigenvalue weighted by Gasteiger charge is 2.32. The van der Waals surface area contributed by atoms with E-state index in [0.717, 1.165) is 19.2 Å². The van der Waals surface area contributed by atoms with E-state index in [0.29, 0.717) is 35.9 Å². The maximum atomic E-state index is 14.5. The predicted octanol–water partition coefficient (Wildman–Crippen LogP) is 3.69. The van der Waals surface area contributed by atoms with Crippen LogP contribution in [-0.4, -0.2) is 48.1 Å². The fourth-order valence-electron chi connectivity index (χ4n) is 3.28. The largest absolute Gasteiger partial charge is 0.416 e. The fraction of sp³-hybridized carbons (Fsp3) is 0.333. The van der Waals surface area contributed by atoms with Gasteiger partial charge in [0, 0.05) is 43.1 Å². The van der Waals surface area contributed by atoms with Crippen molar-refractivity contribution < 1.29 is 17.6 Å². The normalized spacial score (nSPS) is 16.6. The molecule has 0 spiro atoms. The summed E-state index contributed by atoms with van der Waals surface area (Å²) in [5, 5.41) is 0.592. The van der Waals surface area contributed by atoms with Crippen molar-refractivity contribution in [2.24, 2.45) is 0 Å². The first-order chi connectivity index (χ1) is 12.3. The van der Waals surface area contributed by atoms with E-state index in [1.54, 1.807) is 18.3 Å². The summed E-state index contributed by atoms with van der Waals surface area (Å²) >= 11 is 0. The molecule has 4 nitrogen and oxygen atoms in total. The van der Waals surface area contributed by atoms with Gasteiger partial charge in [-0.25, -0.2) is 9.37 Å². The van der Waals surface area contributed by atoms with Gasteiger partial charge in [0.25, 0.3) is 0 Å². The van der Waals surface area contributed by atoms with E-state index in [9.17, 15) is 17.6 Å². The maximum absolute atomic E-state index is 14.5. The Morgan fingerprint density at radius 1 is 1.00 bits per heavy atom. The summed E-state index contributed by atoms with van der Waals surface area (Å²) < 4.78 is 53.8. The summed E-state index contributed by atoms with van der Waals surface area (Å²) in [7, 11) is 2.01. The maximum Gasteiger partial charge on any atom is 0.416 e. The lowest BCUT2D eigenvalue weighted by molar-refractivity contribution is -0.137. The van der Waals surface area contributed by atoms with Gasteiger partial charge in [-0.05, 0) is 25.2 Å². The Labute approximate surface area is 147 Å². The summed E-state index contributed by atoms with van der Waals surface area (Å²) in [6.07, 6.45) is -3.06. The van der Waals surface area contributed by atoms with Gasteiger partial charge in [0.1, 0.15) is 16.9 Å². The molecule has 1 saturated heterocycles. The average molecular weight is 364 g/mol. The zero-order chi connectivity index (χ0) is 18.5. The molecule has 26 heavy (non-hydrogen) atoms. The average Bonchev–Trinajstić information content (AvgIpc) is 2.61. The number of halogens is 4. The Kier molecular flexibility index (Phi) is 3.95. The Bertz CT molecular complexity index is 978. The lowest BCUT2D eigenvalue weighted by Gasteiger charge is -2.33. The first-order valence-corrected chi connectivity index (χ1v) is 8.23. The second-order valence-corrected chi connectivity index (χ2v) is 6.48. The van der Waals surface area contributed by atoms with Crippen molar-refractivity contribution in [1.29, 1.82) is 0 Å². The molecular weight excluding hydrogens is 348 g/mol. The van der Waals surface area contributed by atoms with Crippen LogP contribution in [0.4, 0.5) is 23.4 Å². The number of piperazine rings is 1. The first kappa shape index (κ1) is 17.0. The highest BCUT2D eigenvalue weighted by atomic mass is 19.4. The number of fused-ring (bicyclic) bond motifs is 3. The van der Waals surface area contributed by atoms with Gasteiger partial charge in [-0.3, -0.25) is 4.98 Å². The number of anilines is 1. The van der Waals surface area contributed by atoms with Crippen LogP contribution in [0, 0.1) is 5.82 Å². The van der Waals surface area contributed by atoms with E-state index in [4.69, 9.17) is 0 Å². The molecule has 1 aromatic carbocycles. The van der Waals surface area contributed by atoms with Crippen LogP contribution in [0.25, 0.3) is 21.8 Å². The minimum atomic E-state index is -4.63. The van der Waals surface area contributed by atoms with Gasteiger partial charge in [-0.1, -0.05) is 6.07 Å². The molecule has 0 aliphatic carbocycles. The number of nitrogens with zero attached hydrogens (tertiary/aromatic N) is 4. The minimum absolute atomic E-state index is 0.0626. The molecule has 1 aliphatic heterocycles. The summed E-state index contributed by atoms with van der Waals surface area (Å²) in [4.78, 5) is 12.9. The Morgan fingerprint density at radius 2 is 1.73 bits per heavy atom. The summed E-state index contributed by atoms with van der Waals surface area (Å²) in [5.41, 5.74) is -0.600. The second-order valence-electron chi connectivity index (χ2n) is 6.48. The number of alkyl halides is 3. The van der Waals surface area contributed by atoms with E-state index in [-0.39, 0.29) is 10.9 Å². The van der Waals surface area contributed by atoms with Crippen LogP contribution in [0.3, 0.4) is 0 Å². The second kappa shape index (κ2) is 6.05. The third kappa shape index (κ3) is 2.84. The monoisotopic (exact) mass is 364 g/mol. The Hall–Kier alpha value is -2.48. The van der Waals surface area contributed by atoms with E-state index in [1.165, 1.54) is 0 Å². The topological polar surface area (TPSA) is 32.3 Å². The first-order valence-electron chi connectivity index (χ1n) is 8.23. The fourth-order valence-corrected chi connectivity index (χ4v) is 3.28. The highest BCUT2D eigenvalue weighted by Crippen LogP contribution is 2.36. The molecule has 0 atom stereocenters. The van der Waals surface area contributed by atoms with Crippen molar-refractivity contribution >= 4 is 27.6 Å². The quantitative estimate of drug-likeness (QED) is 0.487. The van der Waals surface area contributed by atoms with Crippen LogP contribution in [0.5, 0.6) is 0 Å². The third-order valence-corrected chi connectivity index (χ3v) is 4.72. The lowest BCUT2D eigenvalue weighted by atomic mass is 10.0. The van der Waals surface area contributed by atoms with E-state index < -0.39 is 17.6 Å². The smallest absolute Gasteiger partial charge is 0.352 e. The molecule has 0 bridgehead atoms. The highest BCUT2D eigenvalue weighted by molar-refractivity contribution is 6.08. The molecule has 0 saturated carbocycles. The van der Waals surface area contributed by atoms with Crippen LogP contribution >= 0.6 is 0 Å². The van der Waals surface area contributed by atoms with Gasteiger partial charge in [0.15, 0.2) is 5.82 Å². The number of benzene rings is 1. The van der Waals surface area contributed by atoms with Crippen molar-refractivity contribution in [3.05, 3.63) is 41.8 Å².